The average Bonchev–Trinajstić information content (AvgIpc) is 2.61. The van der Waals surface area contributed by atoms with Crippen molar-refractivity contribution in [3.8, 4) is 11.5 Å². The second-order valence-corrected chi connectivity index (χ2v) is 6.77. The number of hydrogen-bond acceptors (Lipinski definition) is 6. The minimum Gasteiger partial charge on any atom is -0.493 e. The van der Waals surface area contributed by atoms with Gasteiger partial charge < -0.3 is 24.6 Å². The lowest BCUT2D eigenvalue weighted by Gasteiger charge is -2.28. The fraction of sp³-hybridized carbons (Fsp3) is 0.684. The van der Waals surface area contributed by atoms with Crippen LogP contribution >= 0.6 is 0 Å². The molecule has 1 aliphatic rings. The maximum Gasteiger partial charge on any atom is 0.161 e. The van der Waals surface area contributed by atoms with Crippen LogP contribution in [0.1, 0.15) is 24.8 Å². The molecule has 2 rings (SSSR count). The monoisotopic (exact) mass is 352 g/mol. The van der Waals surface area contributed by atoms with Gasteiger partial charge in [0.2, 0.25) is 0 Å². The van der Waals surface area contributed by atoms with Gasteiger partial charge in [-0.3, -0.25) is 4.90 Å². The number of ether oxygens (including phenoxy) is 2. The highest BCUT2D eigenvalue weighted by atomic mass is 16.5. The molecule has 0 spiro atoms. The zero-order valence-corrected chi connectivity index (χ0v) is 15.5. The van der Waals surface area contributed by atoms with Crippen molar-refractivity contribution in [1.29, 1.82) is 0 Å². The predicted molar refractivity (Wildman–Crippen MR) is 98.2 cm³/mol. The van der Waals surface area contributed by atoms with E-state index in [1.54, 1.807) is 7.11 Å². The van der Waals surface area contributed by atoms with Crippen molar-refractivity contribution < 1.29 is 19.7 Å². The molecule has 0 saturated carbocycles. The van der Waals surface area contributed by atoms with Crippen LogP contribution in [0.3, 0.4) is 0 Å². The van der Waals surface area contributed by atoms with Crippen LogP contribution < -0.4 is 9.47 Å². The van der Waals surface area contributed by atoms with Gasteiger partial charge in [-0.25, -0.2) is 0 Å². The van der Waals surface area contributed by atoms with Crippen molar-refractivity contribution in [1.82, 2.24) is 9.80 Å². The third kappa shape index (κ3) is 6.82. The van der Waals surface area contributed by atoms with Crippen LogP contribution in [0.15, 0.2) is 18.2 Å². The summed E-state index contributed by atoms with van der Waals surface area (Å²) in [5.41, 5.74) is 1.08. The summed E-state index contributed by atoms with van der Waals surface area (Å²) < 4.78 is 11.2. The van der Waals surface area contributed by atoms with Crippen LogP contribution in [0.4, 0.5) is 0 Å². The van der Waals surface area contributed by atoms with Crippen molar-refractivity contribution in [2.75, 3.05) is 53.6 Å². The summed E-state index contributed by atoms with van der Waals surface area (Å²) in [5, 5.41) is 19.3. The number of piperidine rings is 1. The molecule has 0 amide bonds. The van der Waals surface area contributed by atoms with E-state index >= 15 is 0 Å². The average molecular weight is 352 g/mol. The second-order valence-electron chi connectivity index (χ2n) is 6.77. The lowest BCUT2D eigenvalue weighted by molar-refractivity contribution is 0.0608. The molecule has 1 fully saturated rings. The van der Waals surface area contributed by atoms with Crippen LogP contribution in [0, 0.1) is 0 Å². The Balaban J connectivity index is 1.89. The Morgan fingerprint density at radius 1 is 1.20 bits per heavy atom. The SMILES string of the molecule is COc1ccc(CN(C)CCO)cc1OC[C@@H](O)CN1CCCCC1. The molecule has 1 aromatic carbocycles. The Hall–Kier alpha value is -1.34. The normalized spacial score (nSPS) is 16.8. The largest absolute Gasteiger partial charge is 0.493 e. The number of β-amino-alcohol motifs (C(OH)–C–C–N with tert-alkyl or cyclic N) is 1. The summed E-state index contributed by atoms with van der Waals surface area (Å²) in [6, 6.07) is 5.82. The fourth-order valence-electron chi connectivity index (χ4n) is 3.17. The summed E-state index contributed by atoms with van der Waals surface area (Å²) in [4.78, 5) is 4.34. The van der Waals surface area contributed by atoms with Crippen LogP contribution in [-0.4, -0.2) is 79.7 Å². The summed E-state index contributed by atoms with van der Waals surface area (Å²) in [5.74, 6) is 1.31. The lowest BCUT2D eigenvalue weighted by atomic mass is 10.1. The first kappa shape index (κ1) is 20.0. The van der Waals surface area contributed by atoms with Crippen molar-refractivity contribution in [2.45, 2.75) is 31.9 Å². The van der Waals surface area contributed by atoms with E-state index in [1.807, 2.05) is 30.1 Å². The first-order chi connectivity index (χ1) is 12.1. The highest BCUT2D eigenvalue weighted by molar-refractivity contribution is 5.43. The Labute approximate surface area is 151 Å². The second kappa shape index (κ2) is 10.6. The van der Waals surface area contributed by atoms with Crippen molar-refractivity contribution in [3.05, 3.63) is 23.8 Å². The van der Waals surface area contributed by atoms with Gasteiger partial charge in [0.1, 0.15) is 12.7 Å². The molecule has 0 aliphatic carbocycles. The first-order valence-electron chi connectivity index (χ1n) is 9.12. The molecule has 0 bridgehead atoms. The van der Waals surface area contributed by atoms with Gasteiger partial charge in [0, 0.05) is 19.6 Å². The Bertz CT molecular complexity index is 506. The van der Waals surface area contributed by atoms with Crippen LogP contribution in [0.25, 0.3) is 0 Å². The molecule has 1 heterocycles. The number of benzene rings is 1. The molecule has 0 aromatic heterocycles. The zero-order chi connectivity index (χ0) is 18.1. The van der Waals surface area contributed by atoms with E-state index in [4.69, 9.17) is 14.6 Å². The minimum atomic E-state index is -0.511. The number of hydrogen-bond donors (Lipinski definition) is 2. The smallest absolute Gasteiger partial charge is 0.161 e. The van der Waals surface area contributed by atoms with Gasteiger partial charge in [0.25, 0.3) is 0 Å². The highest BCUT2D eigenvalue weighted by Gasteiger charge is 2.16. The maximum atomic E-state index is 10.3. The number of likely N-dealkylation sites (N-methyl/N-ethyl adjacent to an activating group) is 1. The van der Waals surface area contributed by atoms with Gasteiger partial charge in [-0.1, -0.05) is 12.5 Å². The Morgan fingerprint density at radius 2 is 1.96 bits per heavy atom. The Morgan fingerprint density at radius 3 is 2.64 bits per heavy atom. The molecule has 6 nitrogen and oxygen atoms in total. The molecular weight excluding hydrogens is 320 g/mol. The highest BCUT2D eigenvalue weighted by Crippen LogP contribution is 2.28. The molecule has 142 valence electrons. The third-order valence-corrected chi connectivity index (χ3v) is 4.51. The van der Waals surface area contributed by atoms with E-state index in [2.05, 4.69) is 4.90 Å². The van der Waals surface area contributed by atoms with Gasteiger partial charge in [0.15, 0.2) is 11.5 Å². The van der Waals surface area contributed by atoms with Crippen molar-refractivity contribution >= 4 is 0 Å². The lowest BCUT2D eigenvalue weighted by Crippen LogP contribution is -2.38. The van der Waals surface area contributed by atoms with Gasteiger partial charge in [-0.05, 0) is 50.7 Å². The molecule has 1 saturated heterocycles. The summed E-state index contributed by atoms with van der Waals surface area (Å²) in [6.45, 7) is 4.51. The van der Waals surface area contributed by atoms with Gasteiger partial charge >= 0.3 is 0 Å². The molecule has 1 aliphatic heterocycles. The molecule has 0 unspecified atom stereocenters. The fourth-order valence-corrected chi connectivity index (χ4v) is 3.17. The molecule has 6 heteroatoms. The summed E-state index contributed by atoms with van der Waals surface area (Å²) >= 11 is 0. The van der Waals surface area contributed by atoms with E-state index < -0.39 is 6.10 Å². The van der Waals surface area contributed by atoms with Crippen LogP contribution in [0.2, 0.25) is 0 Å². The molecule has 1 atom stereocenters. The van der Waals surface area contributed by atoms with E-state index in [1.165, 1.54) is 19.3 Å². The number of nitrogens with zero attached hydrogens (tertiary/aromatic N) is 2. The first-order valence-corrected chi connectivity index (χ1v) is 9.12. The maximum absolute atomic E-state index is 10.3. The predicted octanol–water partition coefficient (Wildman–Crippen LogP) is 1.34. The van der Waals surface area contributed by atoms with Gasteiger partial charge in [0.05, 0.1) is 13.7 Å². The molecular formula is C19H32N2O4. The third-order valence-electron chi connectivity index (χ3n) is 4.51. The number of methoxy groups -OCH3 is 1. The van der Waals surface area contributed by atoms with Crippen LogP contribution in [-0.2, 0) is 6.54 Å². The summed E-state index contributed by atoms with van der Waals surface area (Å²) in [7, 11) is 3.58. The number of likely N-dealkylation sites (tertiary alicyclic amines) is 1. The van der Waals surface area contributed by atoms with Crippen LogP contribution in [0.5, 0.6) is 11.5 Å². The van der Waals surface area contributed by atoms with Crippen molar-refractivity contribution in [3.63, 3.8) is 0 Å². The van der Waals surface area contributed by atoms with Gasteiger partial charge in [-0.2, -0.15) is 0 Å². The number of aliphatic hydroxyl groups is 2. The topological polar surface area (TPSA) is 65.4 Å². The zero-order valence-electron chi connectivity index (χ0n) is 15.5. The summed E-state index contributed by atoms with van der Waals surface area (Å²) in [6.07, 6.45) is 3.21. The number of aliphatic hydroxyl groups excluding tert-OH is 2. The minimum absolute atomic E-state index is 0.138. The van der Waals surface area contributed by atoms with E-state index in [-0.39, 0.29) is 13.2 Å². The quantitative estimate of drug-likeness (QED) is 0.663. The van der Waals surface area contributed by atoms with E-state index in [0.29, 0.717) is 24.6 Å². The van der Waals surface area contributed by atoms with E-state index in [0.717, 1.165) is 25.2 Å². The standard InChI is InChI=1S/C19H32N2O4/c1-20(10-11-22)13-16-6-7-18(24-2)19(12-16)25-15-17(23)14-21-8-4-3-5-9-21/h6-7,12,17,22-23H,3-5,8-11,13-15H2,1-2H3/t17-/m0/s1. The number of rotatable bonds is 10. The van der Waals surface area contributed by atoms with Crippen molar-refractivity contribution in [2.24, 2.45) is 0 Å². The molecule has 1 aromatic rings. The molecule has 25 heavy (non-hydrogen) atoms. The van der Waals surface area contributed by atoms with Gasteiger partial charge in [-0.15, -0.1) is 0 Å². The van der Waals surface area contributed by atoms with E-state index in [9.17, 15) is 5.11 Å². The molecule has 0 radical (unpaired) electrons. The molecule has 2 N–H and O–H groups in total. The Kier molecular flexibility index (Phi) is 8.48.